The molecule has 16 nitrogen and oxygen atoms in total. The largest absolute Gasteiger partial charge is 0.414 e. The van der Waals surface area contributed by atoms with Crippen LogP contribution in [0.25, 0.3) is 0 Å². The molecule has 0 aromatic carbocycles. The number of aromatic amines is 3. The van der Waals surface area contributed by atoms with Crippen LogP contribution in [-0.4, -0.2) is 84.5 Å². The number of aromatic nitrogens is 5. The van der Waals surface area contributed by atoms with Crippen LogP contribution in [0.1, 0.15) is 83.7 Å². The predicted octanol–water partition coefficient (Wildman–Crippen LogP) is 5.86. The van der Waals surface area contributed by atoms with Crippen molar-refractivity contribution in [2.45, 2.75) is 148 Å². The molecule has 5 rings (SSSR count). The van der Waals surface area contributed by atoms with Crippen molar-refractivity contribution in [1.29, 1.82) is 0 Å². The molecule has 2 fully saturated rings. The van der Waals surface area contributed by atoms with Crippen molar-refractivity contribution in [1.82, 2.24) is 24.1 Å². The standard InChI is InChI=1S/C38H62N5O11PSi2/c1-24-20-42(35(46)40-33(24)44)31-18-27(30(52-31)23-50-56(9,10)37(3,4)5)53-55(48,17-15-26-14-13-16-39-26)49-22-29-28(54-57(11,12)38(6,7)8)19-32(51-29)43-21-25(2)34(45)41-36(43)47/h13-14,16,20-21,27-32,39H,15,17-19,22-23H2,1-12H3,(H,40,44,46)(H,41,45,47)/t27-,28-,29+,30+,31+,32+,55?/m0/s1. The van der Waals surface area contributed by atoms with Crippen LogP contribution in [0.5, 0.6) is 0 Å². The van der Waals surface area contributed by atoms with Gasteiger partial charge in [-0.25, -0.2) is 9.59 Å². The Hall–Kier alpha value is -2.94. The molecule has 57 heavy (non-hydrogen) atoms. The van der Waals surface area contributed by atoms with Gasteiger partial charge in [0.15, 0.2) is 16.6 Å². The van der Waals surface area contributed by atoms with E-state index < -0.39 is 83.6 Å². The van der Waals surface area contributed by atoms with Crippen molar-refractivity contribution >= 4 is 24.2 Å². The average Bonchev–Trinajstić information content (AvgIpc) is 3.85. The van der Waals surface area contributed by atoms with Crippen molar-refractivity contribution in [2.75, 3.05) is 19.4 Å². The van der Waals surface area contributed by atoms with Gasteiger partial charge in [-0.05, 0) is 68.7 Å². The highest BCUT2D eigenvalue weighted by molar-refractivity contribution is 7.53. The van der Waals surface area contributed by atoms with Crippen molar-refractivity contribution in [3.8, 4) is 0 Å². The number of hydrogen-bond donors (Lipinski definition) is 3. The summed E-state index contributed by atoms with van der Waals surface area (Å²) in [5, 5.41) is -0.257. The van der Waals surface area contributed by atoms with Crippen molar-refractivity contribution in [3.63, 3.8) is 0 Å². The van der Waals surface area contributed by atoms with Crippen LogP contribution in [0.3, 0.4) is 0 Å². The highest BCUT2D eigenvalue weighted by atomic mass is 31.2. The fourth-order valence-electron chi connectivity index (χ4n) is 6.26. The van der Waals surface area contributed by atoms with Crippen molar-refractivity contribution < 1.29 is 31.9 Å². The molecule has 3 N–H and O–H groups in total. The lowest BCUT2D eigenvalue weighted by Crippen LogP contribution is -2.46. The van der Waals surface area contributed by atoms with E-state index in [2.05, 4.69) is 82.7 Å². The van der Waals surface area contributed by atoms with Crippen molar-refractivity contribution in [2.24, 2.45) is 0 Å². The molecule has 7 atom stereocenters. The molecule has 1 unspecified atom stereocenters. The van der Waals surface area contributed by atoms with Crippen LogP contribution in [0.4, 0.5) is 0 Å². The Kier molecular flexibility index (Phi) is 13.4. The third-order valence-electron chi connectivity index (χ3n) is 12.0. The summed E-state index contributed by atoms with van der Waals surface area (Å²) in [4.78, 5) is 58.2. The zero-order valence-corrected chi connectivity index (χ0v) is 38.3. The molecule has 0 amide bonds. The Labute approximate surface area is 335 Å². The van der Waals surface area contributed by atoms with Gasteiger partial charge < -0.3 is 32.4 Å². The van der Waals surface area contributed by atoms with Gasteiger partial charge in [-0.1, -0.05) is 41.5 Å². The summed E-state index contributed by atoms with van der Waals surface area (Å²) in [6.07, 6.45) is 0.997. The lowest BCUT2D eigenvalue weighted by atomic mass is 10.2. The number of nitrogens with zero attached hydrogens (tertiary/aromatic N) is 2. The van der Waals surface area contributed by atoms with Gasteiger partial charge >= 0.3 is 19.0 Å². The first kappa shape index (κ1) is 45.2. The van der Waals surface area contributed by atoms with Gasteiger partial charge in [0.2, 0.25) is 0 Å². The van der Waals surface area contributed by atoms with Crippen molar-refractivity contribution in [3.05, 3.63) is 89.2 Å². The smallest absolute Gasteiger partial charge is 0.331 e. The van der Waals surface area contributed by atoms with Gasteiger partial charge in [-0.15, -0.1) is 0 Å². The molecule has 0 aliphatic carbocycles. The number of aryl methyl sites for hydroxylation is 3. The summed E-state index contributed by atoms with van der Waals surface area (Å²) in [6, 6.07) is 3.74. The molecule has 19 heteroatoms. The zero-order chi connectivity index (χ0) is 42.3. The van der Waals surface area contributed by atoms with Gasteiger partial charge in [0.25, 0.3) is 11.1 Å². The first-order chi connectivity index (χ1) is 26.3. The fraction of sp³-hybridized carbons (Fsp3) is 0.684. The van der Waals surface area contributed by atoms with Gasteiger partial charge in [-0.3, -0.25) is 33.3 Å². The van der Waals surface area contributed by atoms with Gasteiger partial charge in [0, 0.05) is 48.3 Å². The molecule has 3 aromatic rings. The zero-order valence-electron chi connectivity index (χ0n) is 35.4. The number of ether oxygens (including phenoxy) is 2. The summed E-state index contributed by atoms with van der Waals surface area (Å²) in [5.41, 5.74) is -0.693. The lowest BCUT2D eigenvalue weighted by molar-refractivity contribution is -0.0502. The van der Waals surface area contributed by atoms with E-state index in [1.54, 1.807) is 20.0 Å². The Morgan fingerprint density at radius 3 is 1.79 bits per heavy atom. The number of rotatable bonds is 15. The Morgan fingerprint density at radius 2 is 1.30 bits per heavy atom. The molecule has 0 saturated carbocycles. The summed E-state index contributed by atoms with van der Waals surface area (Å²) in [5.74, 6) is 0. The molecule has 0 radical (unpaired) electrons. The molecule has 318 valence electrons. The molecule has 2 aliphatic rings. The van der Waals surface area contributed by atoms with E-state index in [1.807, 2.05) is 12.1 Å². The van der Waals surface area contributed by atoms with E-state index in [0.717, 1.165) is 5.69 Å². The summed E-state index contributed by atoms with van der Waals surface area (Å²) >= 11 is 0. The minimum Gasteiger partial charge on any atom is -0.414 e. The van der Waals surface area contributed by atoms with E-state index in [9.17, 15) is 19.2 Å². The fourth-order valence-corrected chi connectivity index (χ4v) is 10.5. The maximum Gasteiger partial charge on any atom is 0.331 e. The normalized spacial score (nSPS) is 24.6. The topological polar surface area (TPSA) is 198 Å². The summed E-state index contributed by atoms with van der Waals surface area (Å²) in [6.45, 7) is 24.4. The minimum absolute atomic E-state index is 0.00465. The number of nitrogens with one attached hydrogen (secondary N) is 3. The second-order valence-electron chi connectivity index (χ2n) is 18.4. The molecule has 3 aromatic heterocycles. The molecule has 0 bridgehead atoms. The third-order valence-corrected chi connectivity index (χ3v) is 22.9. The average molecular weight is 852 g/mol. The van der Waals surface area contributed by atoms with E-state index >= 15 is 4.57 Å². The molecule has 5 heterocycles. The Morgan fingerprint density at radius 1 is 0.789 bits per heavy atom. The Bertz CT molecular complexity index is 2150. The van der Waals surface area contributed by atoms with E-state index in [4.69, 9.17) is 27.4 Å². The summed E-state index contributed by atoms with van der Waals surface area (Å²) < 4.78 is 57.1. The van der Waals surface area contributed by atoms with Gasteiger partial charge in [0.1, 0.15) is 24.7 Å². The maximum absolute atomic E-state index is 15.1. The van der Waals surface area contributed by atoms with Gasteiger partial charge in [-0.2, -0.15) is 0 Å². The molecular formula is C38H62N5O11PSi2. The highest BCUT2D eigenvalue weighted by Gasteiger charge is 2.48. The minimum atomic E-state index is -4.00. The first-order valence-electron chi connectivity index (χ1n) is 19.6. The first-order valence-corrected chi connectivity index (χ1v) is 27.1. The highest BCUT2D eigenvalue weighted by Crippen LogP contribution is 2.53. The quantitative estimate of drug-likeness (QED) is 0.122. The predicted molar refractivity (Wildman–Crippen MR) is 222 cm³/mol. The second-order valence-corrected chi connectivity index (χ2v) is 30.1. The molecule has 2 saturated heterocycles. The Balaban J connectivity index is 1.46. The van der Waals surface area contributed by atoms with Crippen LogP contribution < -0.4 is 22.5 Å². The van der Waals surface area contributed by atoms with E-state index in [-0.39, 0.29) is 42.3 Å². The maximum atomic E-state index is 15.1. The van der Waals surface area contributed by atoms with Crippen LogP contribution in [0.2, 0.25) is 36.3 Å². The van der Waals surface area contributed by atoms with E-state index in [1.165, 1.54) is 21.5 Å². The van der Waals surface area contributed by atoms with Crippen LogP contribution in [0, 0.1) is 13.8 Å². The third kappa shape index (κ3) is 10.6. The van der Waals surface area contributed by atoms with Crippen LogP contribution in [-0.2, 0) is 38.4 Å². The summed E-state index contributed by atoms with van der Waals surface area (Å²) in [7, 11) is -8.68. The molecule has 2 aliphatic heterocycles. The van der Waals surface area contributed by atoms with E-state index in [0.29, 0.717) is 17.5 Å². The van der Waals surface area contributed by atoms with Gasteiger partial charge in [0.05, 0.1) is 31.6 Å². The SMILES string of the molecule is Cc1cn([C@H]2C[C@H](O[Si](C)(C)C(C)(C)C)[C@@H](COP(=O)(CCc3ccc[nH]3)O[C@H]3C[C@H](n4cc(C)c(=O)[nH]c4=O)O[C@@H]3CO[Si](C)(C)C(C)(C)C)O2)c(=O)[nH]c1=O. The molecule has 0 spiro atoms. The monoisotopic (exact) mass is 851 g/mol. The van der Waals surface area contributed by atoms with Crippen LogP contribution in [0.15, 0.2) is 49.9 Å². The van der Waals surface area contributed by atoms with Crippen LogP contribution >= 0.6 is 7.60 Å². The lowest BCUT2D eigenvalue weighted by Gasteiger charge is -2.39. The molecular weight excluding hydrogens is 790 g/mol. The number of H-pyrrole nitrogens is 3. The number of hydrogen-bond acceptors (Lipinski definition) is 11. The second kappa shape index (κ2) is 17.0.